The lowest BCUT2D eigenvalue weighted by atomic mass is 10.2. The van der Waals surface area contributed by atoms with Crippen molar-refractivity contribution < 1.29 is 27.7 Å². The summed E-state index contributed by atoms with van der Waals surface area (Å²) in [7, 11) is -1.23. The molecular formula is C27H33N7O6S. The first-order valence-corrected chi connectivity index (χ1v) is 14.3. The van der Waals surface area contributed by atoms with E-state index in [1.54, 1.807) is 43.0 Å². The van der Waals surface area contributed by atoms with Crippen LogP contribution in [0.1, 0.15) is 36.9 Å². The molecule has 0 saturated heterocycles. The van der Waals surface area contributed by atoms with Gasteiger partial charge in [-0.2, -0.15) is 0 Å². The van der Waals surface area contributed by atoms with Crippen molar-refractivity contribution in [3.05, 3.63) is 66.0 Å². The molecule has 13 nitrogen and oxygen atoms in total. The third-order valence-electron chi connectivity index (χ3n) is 6.14. The zero-order chi connectivity index (χ0) is 29.7. The van der Waals surface area contributed by atoms with Crippen LogP contribution in [0.2, 0.25) is 0 Å². The number of sulfonamides is 1. The van der Waals surface area contributed by atoms with Crippen LogP contribution in [-0.4, -0.2) is 75.4 Å². The summed E-state index contributed by atoms with van der Waals surface area (Å²) >= 11 is 0. The van der Waals surface area contributed by atoms with Gasteiger partial charge in [0.05, 0.1) is 26.9 Å². The predicted molar refractivity (Wildman–Crippen MR) is 152 cm³/mol. The number of rotatable bonds is 12. The Hall–Kier alpha value is -4.14. The molecule has 0 aliphatic rings. The number of anilines is 1. The lowest BCUT2D eigenvalue weighted by Gasteiger charge is -2.24. The summed E-state index contributed by atoms with van der Waals surface area (Å²) in [4.78, 5) is 12.8. The van der Waals surface area contributed by atoms with Gasteiger partial charge in [-0.15, -0.1) is 10.2 Å². The van der Waals surface area contributed by atoms with Gasteiger partial charge in [0.15, 0.2) is 11.6 Å². The van der Waals surface area contributed by atoms with Crippen molar-refractivity contribution in [1.29, 1.82) is 0 Å². The average Bonchev–Trinajstić information content (AvgIpc) is 3.35. The number of methoxy groups -OCH3 is 2. The SMILES string of the molecule is COc1cccc(OC)c1-n1c(NS(=O)(=O)[C@H](C)[C@H](OCC(C)O)c2ncc(C)cn2)nnc1-c1cncc(C)c1. The molecule has 4 aromatic rings. The van der Waals surface area contributed by atoms with Crippen LogP contribution >= 0.6 is 0 Å². The van der Waals surface area contributed by atoms with Crippen LogP contribution in [0, 0.1) is 13.8 Å². The van der Waals surface area contributed by atoms with Crippen LogP contribution in [-0.2, 0) is 14.8 Å². The summed E-state index contributed by atoms with van der Waals surface area (Å²) in [6, 6.07) is 7.03. The Morgan fingerprint density at radius 2 is 1.63 bits per heavy atom. The highest BCUT2D eigenvalue weighted by atomic mass is 32.2. The lowest BCUT2D eigenvalue weighted by Crippen LogP contribution is -2.35. The summed E-state index contributed by atoms with van der Waals surface area (Å²) in [5.41, 5.74) is 2.65. The first-order chi connectivity index (χ1) is 19.6. The normalized spacial score (nSPS) is 13.8. The molecule has 0 amide bonds. The number of benzene rings is 1. The number of hydrogen-bond acceptors (Lipinski definition) is 11. The van der Waals surface area contributed by atoms with Crippen LogP contribution in [0.5, 0.6) is 11.5 Å². The number of para-hydroxylation sites is 1. The summed E-state index contributed by atoms with van der Waals surface area (Å²) in [6.07, 6.45) is 4.50. The van der Waals surface area contributed by atoms with Gasteiger partial charge in [0, 0.05) is 30.4 Å². The van der Waals surface area contributed by atoms with Crippen molar-refractivity contribution in [2.45, 2.75) is 45.2 Å². The number of aryl methyl sites for hydroxylation is 2. The molecule has 14 heteroatoms. The molecule has 0 fully saturated rings. The number of aliphatic hydroxyl groups is 1. The van der Waals surface area contributed by atoms with Crippen molar-refractivity contribution in [2.24, 2.45) is 0 Å². The van der Waals surface area contributed by atoms with Gasteiger partial charge in [-0.3, -0.25) is 14.3 Å². The second-order valence-corrected chi connectivity index (χ2v) is 11.6. The standard InChI is InChI=1S/C27H33N7O6S/c1-16-10-20(14-28-11-16)26-31-32-27(34(26)23-21(38-5)8-7-9-22(23)39-6)33-41(36,37)19(4)24(40-15-18(3)35)25-29-12-17(2)13-30-25/h7-14,18-19,24,35H,15H2,1-6H3,(H,32,33)/t18?,19-,24+/m1/s1. The molecule has 2 N–H and O–H groups in total. The second kappa shape index (κ2) is 12.6. The van der Waals surface area contributed by atoms with Crippen molar-refractivity contribution in [1.82, 2.24) is 29.7 Å². The molecule has 0 aliphatic heterocycles. The Labute approximate surface area is 238 Å². The molecule has 0 spiro atoms. The Balaban J connectivity index is 1.83. The fraction of sp³-hybridized carbons (Fsp3) is 0.370. The third kappa shape index (κ3) is 6.61. The van der Waals surface area contributed by atoms with E-state index in [4.69, 9.17) is 14.2 Å². The molecule has 0 saturated carbocycles. The number of hydrogen-bond donors (Lipinski definition) is 2. The van der Waals surface area contributed by atoms with Gasteiger partial charge in [-0.25, -0.2) is 18.4 Å². The van der Waals surface area contributed by atoms with E-state index in [9.17, 15) is 13.5 Å². The Kier molecular flexibility index (Phi) is 9.15. The van der Waals surface area contributed by atoms with Crippen molar-refractivity contribution in [3.8, 4) is 28.6 Å². The molecule has 1 unspecified atom stereocenters. The van der Waals surface area contributed by atoms with E-state index in [0.29, 0.717) is 28.6 Å². The van der Waals surface area contributed by atoms with E-state index < -0.39 is 27.5 Å². The van der Waals surface area contributed by atoms with Gasteiger partial charge in [0.1, 0.15) is 28.5 Å². The fourth-order valence-electron chi connectivity index (χ4n) is 4.07. The summed E-state index contributed by atoms with van der Waals surface area (Å²) in [5, 5.41) is 17.1. The Bertz CT molecular complexity index is 1570. The lowest BCUT2D eigenvalue weighted by molar-refractivity contribution is -0.00765. The molecule has 0 aliphatic carbocycles. The van der Waals surface area contributed by atoms with E-state index in [2.05, 4.69) is 29.9 Å². The zero-order valence-corrected chi connectivity index (χ0v) is 24.5. The van der Waals surface area contributed by atoms with Crippen LogP contribution in [0.3, 0.4) is 0 Å². The minimum Gasteiger partial charge on any atom is -0.494 e. The van der Waals surface area contributed by atoms with Crippen molar-refractivity contribution >= 4 is 16.0 Å². The molecule has 218 valence electrons. The third-order valence-corrected chi connectivity index (χ3v) is 7.84. The van der Waals surface area contributed by atoms with Crippen LogP contribution in [0.4, 0.5) is 5.95 Å². The van der Waals surface area contributed by atoms with Crippen LogP contribution in [0.25, 0.3) is 17.1 Å². The van der Waals surface area contributed by atoms with Crippen LogP contribution < -0.4 is 14.2 Å². The van der Waals surface area contributed by atoms with Gasteiger partial charge < -0.3 is 19.3 Å². The quantitative estimate of drug-likeness (QED) is 0.252. The number of nitrogens with zero attached hydrogens (tertiary/aromatic N) is 6. The number of ether oxygens (including phenoxy) is 3. The first-order valence-electron chi connectivity index (χ1n) is 12.7. The predicted octanol–water partition coefficient (Wildman–Crippen LogP) is 3.02. The zero-order valence-electron chi connectivity index (χ0n) is 23.6. The summed E-state index contributed by atoms with van der Waals surface area (Å²) in [5.74, 6) is 1.14. The van der Waals surface area contributed by atoms with E-state index in [-0.39, 0.29) is 18.4 Å². The molecule has 1 aromatic carbocycles. The molecule has 0 bridgehead atoms. The monoisotopic (exact) mass is 583 g/mol. The number of aromatic nitrogens is 6. The molecule has 3 atom stereocenters. The smallest absolute Gasteiger partial charge is 0.243 e. The van der Waals surface area contributed by atoms with Gasteiger partial charge in [-0.05, 0) is 57.0 Å². The highest BCUT2D eigenvalue weighted by Crippen LogP contribution is 2.38. The summed E-state index contributed by atoms with van der Waals surface area (Å²) < 4.78 is 48.8. The number of aliphatic hydroxyl groups excluding tert-OH is 1. The van der Waals surface area contributed by atoms with Crippen molar-refractivity contribution in [3.63, 3.8) is 0 Å². The maximum Gasteiger partial charge on any atom is 0.243 e. The molecule has 4 rings (SSSR count). The van der Waals surface area contributed by atoms with E-state index in [0.717, 1.165) is 11.1 Å². The molecule has 3 aromatic heterocycles. The minimum atomic E-state index is -4.22. The van der Waals surface area contributed by atoms with Crippen LogP contribution in [0.15, 0.2) is 49.1 Å². The molecule has 3 heterocycles. The Morgan fingerprint density at radius 3 is 2.22 bits per heavy atom. The van der Waals surface area contributed by atoms with Gasteiger partial charge in [0.2, 0.25) is 16.0 Å². The second-order valence-electron chi connectivity index (χ2n) is 9.52. The van der Waals surface area contributed by atoms with Gasteiger partial charge >= 0.3 is 0 Å². The first kappa shape index (κ1) is 29.8. The van der Waals surface area contributed by atoms with Gasteiger partial charge in [-0.1, -0.05) is 6.07 Å². The average molecular weight is 584 g/mol. The molecule has 41 heavy (non-hydrogen) atoms. The highest BCUT2D eigenvalue weighted by molar-refractivity contribution is 7.93. The van der Waals surface area contributed by atoms with E-state index in [1.807, 2.05) is 19.9 Å². The Morgan fingerprint density at radius 1 is 0.976 bits per heavy atom. The molecular weight excluding hydrogens is 550 g/mol. The number of nitrogens with one attached hydrogen (secondary N) is 1. The minimum absolute atomic E-state index is 0.116. The molecule has 0 radical (unpaired) electrons. The summed E-state index contributed by atoms with van der Waals surface area (Å²) in [6.45, 7) is 6.58. The van der Waals surface area contributed by atoms with Crippen molar-refractivity contribution in [2.75, 3.05) is 25.5 Å². The maximum atomic E-state index is 13.9. The topological polar surface area (TPSA) is 163 Å². The fourth-order valence-corrected chi connectivity index (χ4v) is 5.17. The van der Waals surface area contributed by atoms with E-state index >= 15 is 0 Å². The largest absolute Gasteiger partial charge is 0.494 e. The highest BCUT2D eigenvalue weighted by Gasteiger charge is 2.36. The number of pyridine rings is 1. The maximum absolute atomic E-state index is 13.9. The van der Waals surface area contributed by atoms with E-state index in [1.165, 1.54) is 32.6 Å². The van der Waals surface area contributed by atoms with Gasteiger partial charge in [0.25, 0.3) is 0 Å².